The zero-order valence-electron chi connectivity index (χ0n) is 20.6. The van der Waals surface area contributed by atoms with Gasteiger partial charge in [0.05, 0.1) is 29.7 Å². The van der Waals surface area contributed by atoms with Crippen LogP contribution in [0.15, 0.2) is 97.5 Å². The Morgan fingerprint density at radius 1 is 0.821 bits per heavy atom. The Kier molecular flexibility index (Phi) is 6.42. The summed E-state index contributed by atoms with van der Waals surface area (Å²) in [6.07, 6.45) is 4.86. The van der Waals surface area contributed by atoms with Gasteiger partial charge in [0.1, 0.15) is 5.69 Å². The Balaban J connectivity index is 1.26. The van der Waals surface area contributed by atoms with Crippen molar-refractivity contribution in [1.29, 1.82) is 0 Å². The van der Waals surface area contributed by atoms with Crippen molar-refractivity contribution >= 4 is 28.2 Å². The fourth-order valence-electron chi connectivity index (χ4n) is 4.17. The van der Waals surface area contributed by atoms with Gasteiger partial charge in [0, 0.05) is 34.8 Å². The SMILES string of the molecule is Nc1nccc(-c2cccnc2Oc2ccc(Nc3nnc(-c4cccc(CO)c4)c4ccccc34)cn2)n1. The van der Waals surface area contributed by atoms with Crippen LogP contribution in [0.3, 0.4) is 0 Å². The molecule has 0 radical (unpaired) electrons. The van der Waals surface area contributed by atoms with E-state index >= 15 is 0 Å². The fourth-order valence-corrected chi connectivity index (χ4v) is 4.17. The Labute approximate surface area is 223 Å². The average molecular weight is 515 g/mol. The van der Waals surface area contributed by atoms with Crippen molar-refractivity contribution in [3.63, 3.8) is 0 Å². The van der Waals surface area contributed by atoms with Gasteiger partial charge in [0.2, 0.25) is 17.7 Å². The number of aromatic nitrogens is 6. The summed E-state index contributed by atoms with van der Waals surface area (Å²) in [6, 6.07) is 24.5. The third-order valence-electron chi connectivity index (χ3n) is 5.99. The molecule has 10 nitrogen and oxygen atoms in total. The van der Waals surface area contributed by atoms with E-state index in [4.69, 9.17) is 10.5 Å². The van der Waals surface area contributed by atoms with Crippen LogP contribution in [0.2, 0.25) is 0 Å². The highest BCUT2D eigenvalue weighted by Crippen LogP contribution is 2.33. The number of nitrogens with one attached hydrogen (secondary N) is 1. The highest BCUT2D eigenvalue weighted by molar-refractivity contribution is 6.00. The van der Waals surface area contributed by atoms with Gasteiger partial charge < -0.3 is 20.9 Å². The molecule has 0 saturated carbocycles. The molecular weight excluding hydrogens is 492 g/mol. The van der Waals surface area contributed by atoms with Crippen LogP contribution in [0.5, 0.6) is 11.8 Å². The van der Waals surface area contributed by atoms with E-state index in [2.05, 4.69) is 35.5 Å². The third-order valence-corrected chi connectivity index (χ3v) is 5.99. The van der Waals surface area contributed by atoms with Gasteiger partial charge in [-0.1, -0.05) is 42.5 Å². The van der Waals surface area contributed by atoms with E-state index in [0.29, 0.717) is 34.5 Å². The van der Waals surface area contributed by atoms with Gasteiger partial charge in [-0.05, 0) is 35.9 Å². The van der Waals surface area contributed by atoms with Gasteiger partial charge >= 0.3 is 0 Å². The first-order valence-corrected chi connectivity index (χ1v) is 12.1. The predicted molar refractivity (Wildman–Crippen MR) is 148 cm³/mol. The molecule has 0 saturated heterocycles. The van der Waals surface area contributed by atoms with Crippen LogP contribution in [0.4, 0.5) is 17.5 Å². The Morgan fingerprint density at radius 3 is 2.54 bits per heavy atom. The summed E-state index contributed by atoms with van der Waals surface area (Å²) < 4.78 is 5.97. The topological polar surface area (TPSA) is 145 Å². The highest BCUT2D eigenvalue weighted by atomic mass is 16.5. The van der Waals surface area contributed by atoms with Crippen molar-refractivity contribution in [3.05, 3.63) is 103 Å². The van der Waals surface area contributed by atoms with Crippen molar-refractivity contribution < 1.29 is 9.84 Å². The fraction of sp³-hybridized carbons (Fsp3) is 0.0345. The van der Waals surface area contributed by atoms with Crippen LogP contribution in [0, 0.1) is 0 Å². The summed E-state index contributed by atoms with van der Waals surface area (Å²) in [6.45, 7) is -0.0392. The second-order valence-electron chi connectivity index (χ2n) is 8.57. The molecule has 0 unspecified atom stereocenters. The smallest absolute Gasteiger partial charge is 0.230 e. The number of benzene rings is 2. The molecule has 0 fully saturated rings. The van der Waals surface area contributed by atoms with E-state index in [-0.39, 0.29) is 12.6 Å². The molecule has 190 valence electrons. The van der Waals surface area contributed by atoms with Crippen molar-refractivity contribution in [2.75, 3.05) is 11.1 Å². The van der Waals surface area contributed by atoms with E-state index in [9.17, 15) is 5.11 Å². The minimum absolute atomic E-state index is 0.0392. The average Bonchev–Trinajstić information content (AvgIpc) is 2.98. The lowest BCUT2D eigenvalue weighted by molar-refractivity contribution is 0.282. The van der Waals surface area contributed by atoms with Crippen LogP contribution in [-0.4, -0.2) is 35.2 Å². The van der Waals surface area contributed by atoms with E-state index in [1.54, 1.807) is 36.8 Å². The van der Waals surface area contributed by atoms with Gasteiger partial charge in [-0.3, -0.25) is 0 Å². The van der Waals surface area contributed by atoms with Gasteiger partial charge in [-0.15, -0.1) is 10.2 Å². The number of anilines is 3. The number of ether oxygens (including phenoxy) is 1. The quantitative estimate of drug-likeness (QED) is 0.261. The van der Waals surface area contributed by atoms with Crippen LogP contribution in [0.1, 0.15) is 5.56 Å². The largest absolute Gasteiger partial charge is 0.420 e. The molecule has 0 amide bonds. The summed E-state index contributed by atoms with van der Waals surface area (Å²) in [5, 5.41) is 23.6. The van der Waals surface area contributed by atoms with Crippen molar-refractivity contribution in [2.45, 2.75) is 6.61 Å². The van der Waals surface area contributed by atoms with E-state index in [1.165, 1.54) is 0 Å². The Hall–Kier alpha value is -5.48. The number of hydrogen-bond donors (Lipinski definition) is 3. The van der Waals surface area contributed by atoms with Crippen LogP contribution in [-0.2, 0) is 6.61 Å². The number of nitrogen functional groups attached to an aromatic ring is 1. The summed E-state index contributed by atoms with van der Waals surface area (Å²) >= 11 is 0. The zero-order valence-corrected chi connectivity index (χ0v) is 20.6. The summed E-state index contributed by atoms with van der Waals surface area (Å²) in [5.74, 6) is 1.47. The number of rotatable bonds is 7. The number of pyridine rings is 2. The van der Waals surface area contributed by atoms with Crippen molar-refractivity contribution in [1.82, 2.24) is 30.1 Å². The van der Waals surface area contributed by atoms with Crippen LogP contribution in [0.25, 0.3) is 33.3 Å². The normalized spacial score (nSPS) is 10.9. The number of aliphatic hydroxyl groups is 1. The van der Waals surface area contributed by atoms with Crippen molar-refractivity contribution in [2.24, 2.45) is 0 Å². The molecular formula is C29H22N8O2. The number of fused-ring (bicyclic) bond motifs is 1. The van der Waals surface area contributed by atoms with E-state index in [1.807, 2.05) is 60.7 Å². The zero-order chi connectivity index (χ0) is 26.6. The number of nitrogens with zero attached hydrogens (tertiary/aromatic N) is 6. The lowest BCUT2D eigenvalue weighted by Gasteiger charge is -2.12. The number of nitrogens with two attached hydrogens (primary N) is 1. The van der Waals surface area contributed by atoms with E-state index in [0.717, 1.165) is 27.6 Å². The molecule has 0 aliphatic rings. The molecule has 4 aromatic heterocycles. The first-order chi connectivity index (χ1) is 19.2. The minimum Gasteiger partial charge on any atom is -0.420 e. The molecule has 2 aromatic carbocycles. The summed E-state index contributed by atoms with van der Waals surface area (Å²) in [7, 11) is 0. The highest BCUT2D eigenvalue weighted by Gasteiger charge is 2.13. The molecule has 0 bridgehead atoms. The second-order valence-corrected chi connectivity index (χ2v) is 8.57. The Morgan fingerprint density at radius 2 is 1.72 bits per heavy atom. The summed E-state index contributed by atoms with van der Waals surface area (Å²) in [4.78, 5) is 17.0. The first-order valence-electron chi connectivity index (χ1n) is 12.1. The standard InChI is InChI=1S/C29H22N8O2/c30-29-32-14-12-24(35-29)23-9-4-13-31-28(23)39-25-11-10-20(16-33-25)34-27-22-8-2-1-7-21(22)26(36-37-27)19-6-3-5-18(15-19)17-38/h1-16,38H,17H2,(H,34,37)(H2,30,32,35). The molecule has 0 aliphatic carbocycles. The molecule has 0 atom stereocenters. The predicted octanol–water partition coefficient (Wildman–Crippen LogP) is 5.15. The molecule has 10 heteroatoms. The maximum Gasteiger partial charge on any atom is 0.230 e. The molecule has 4 N–H and O–H groups in total. The van der Waals surface area contributed by atoms with Crippen molar-refractivity contribution in [3.8, 4) is 34.3 Å². The van der Waals surface area contributed by atoms with Crippen LogP contribution < -0.4 is 15.8 Å². The van der Waals surface area contributed by atoms with E-state index < -0.39 is 0 Å². The maximum atomic E-state index is 9.53. The molecule has 0 aliphatic heterocycles. The van der Waals surface area contributed by atoms with Gasteiger partial charge in [-0.2, -0.15) is 0 Å². The molecule has 4 heterocycles. The molecule has 0 spiro atoms. The monoisotopic (exact) mass is 514 g/mol. The number of hydrogen-bond acceptors (Lipinski definition) is 10. The van der Waals surface area contributed by atoms with Gasteiger partial charge in [0.25, 0.3) is 0 Å². The maximum absolute atomic E-state index is 9.53. The molecule has 6 rings (SSSR count). The lowest BCUT2D eigenvalue weighted by Crippen LogP contribution is -2.00. The molecule has 39 heavy (non-hydrogen) atoms. The minimum atomic E-state index is -0.0392. The van der Waals surface area contributed by atoms with Gasteiger partial charge in [-0.25, -0.2) is 19.9 Å². The lowest BCUT2D eigenvalue weighted by atomic mass is 10.0. The first kappa shape index (κ1) is 23.9. The second kappa shape index (κ2) is 10.5. The number of aliphatic hydroxyl groups excluding tert-OH is 1. The Bertz CT molecular complexity index is 1780. The van der Waals surface area contributed by atoms with Gasteiger partial charge in [0.15, 0.2) is 5.82 Å². The third kappa shape index (κ3) is 5.04. The van der Waals surface area contributed by atoms with Crippen LogP contribution >= 0.6 is 0 Å². The molecule has 6 aromatic rings. The summed E-state index contributed by atoms with van der Waals surface area (Å²) in [5.41, 5.74) is 10.2.